The lowest BCUT2D eigenvalue weighted by Gasteiger charge is -2.29. The number of alkyl halides is 3. The van der Waals surface area contributed by atoms with E-state index < -0.39 is 17.5 Å². The van der Waals surface area contributed by atoms with Crippen molar-refractivity contribution in [3.05, 3.63) is 47.7 Å². The van der Waals surface area contributed by atoms with Crippen LogP contribution in [0.25, 0.3) is 44.0 Å². The first kappa shape index (κ1) is 24.2. The molecule has 0 unspecified atom stereocenters. The van der Waals surface area contributed by atoms with Gasteiger partial charge in [0.2, 0.25) is 5.88 Å². The van der Waals surface area contributed by atoms with E-state index in [4.69, 9.17) is 9.72 Å². The molecule has 11 heteroatoms. The summed E-state index contributed by atoms with van der Waals surface area (Å²) in [6.07, 6.45) is -4.74. The number of halogens is 3. The number of H-pyrrole nitrogens is 1. The number of fused-ring (bicyclic) bond motifs is 5. The Kier molecular flexibility index (Phi) is 5.75. The number of benzene rings is 2. The number of piperazine rings is 1. The Bertz CT molecular complexity index is 1690. The summed E-state index contributed by atoms with van der Waals surface area (Å²) in [7, 11) is 0. The van der Waals surface area contributed by atoms with Crippen molar-refractivity contribution in [2.45, 2.75) is 20.0 Å². The van der Waals surface area contributed by atoms with Crippen molar-refractivity contribution in [2.75, 3.05) is 37.7 Å². The predicted molar refractivity (Wildman–Crippen MR) is 140 cm³/mol. The molecule has 0 amide bonds. The fourth-order valence-corrected chi connectivity index (χ4v) is 5.15. The zero-order valence-electron chi connectivity index (χ0n) is 20.8. The third-order valence-corrected chi connectivity index (χ3v) is 6.91. The summed E-state index contributed by atoms with van der Waals surface area (Å²) in [5, 5.41) is 23.4. The lowest BCUT2D eigenvalue weighted by atomic mass is 9.97. The number of aryl methyl sites for hydroxylation is 1. The molecule has 196 valence electrons. The normalized spacial score (nSPS) is 14.6. The highest BCUT2D eigenvalue weighted by molar-refractivity contribution is 6.23. The molecule has 1 aliphatic rings. The molecule has 2 aromatic carbocycles. The van der Waals surface area contributed by atoms with Gasteiger partial charge in [-0.2, -0.15) is 18.3 Å². The van der Waals surface area contributed by atoms with E-state index in [2.05, 4.69) is 25.4 Å². The van der Waals surface area contributed by atoms with Gasteiger partial charge in [0.25, 0.3) is 0 Å². The van der Waals surface area contributed by atoms with Gasteiger partial charge in [-0.05, 0) is 44.2 Å². The quantitative estimate of drug-likeness (QED) is 0.280. The maximum atomic E-state index is 13.7. The largest absolute Gasteiger partial charge is 0.507 e. The highest BCUT2D eigenvalue weighted by Gasteiger charge is 2.34. The van der Waals surface area contributed by atoms with E-state index in [0.717, 1.165) is 65.9 Å². The Morgan fingerprint density at radius 2 is 1.82 bits per heavy atom. The minimum atomic E-state index is -4.74. The van der Waals surface area contributed by atoms with Gasteiger partial charge >= 0.3 is 6.18 Å². The molecule has 5 aromatic rings. The van der Waals surface area contributed by atoms with Crippen LogP contribution in [0, 0.1) is 6.92 Å². The zero-order chi connectivity index (χ0) is 26.6. The summed E-state index contributed by atoms with van der Waals surface area (Å²) in [6.45, 7) is 7.54. The number of aromatic nitrogens is 4. The second kappa shape index (κ2) is 9.02. The van der Waals surface area contributed by atoms with Crippen LogP contribution in [0.3, 0.4) is 0 Å². The molecule has 1 fully saturated rings. The van der Waals surface area contributed by atoms with Crippen molar-refractivity contribution in [3.8, 4) is 22.9 Å². The monoisotopic (exact) mass is 522 g/mol. The number of nitrogens with zero attached hydrogens (tertiary/aromatic N) is 4. The van der Waals surface area contributed by atoms with Crippen molar-refractivity contribution in [1.29, 1.82) is 0 Å². The molecule has 0 bridgehead atoms. The van der Waals surface area contributed by atoms with Crippen LogP contribution in [0.5, 0.6) is 11.6 Å². The molecule has 38 heavy (non-hydrogen) atoms. The number of anilines is 1. The van der Waals surface area contributed by atoms with Crippen LogP contribution in [0.1, 0.15) is 18.2 Å². The van der Waals surface area contributed by atoms with Crippen LogP contribution in [-0.4, -0.2) is 58.1 Å². The summed E-state index contributed by atoms with van der Waals surface area (Å²) >= 11 is 0. The summed E-state index contributed by atoms with van der Waals surface area (Å²) in [5.74, 6) is -0.574. The Morgan fingerprint density at radius 3 is 2.55 bits per heavy atom. The van der Waals surface area contributed by atoms with Gasteiger partial charge in [0.1, 0.15) is 5.75 Å². The number of rotatable bonds is 4. The van der Waals surface area contributed by atoms with Crippen LogP contribution in [0.2, 0.25) is 0 Å². The molecule has 1 saturated heterocycles. The smallest absolute Gasteiger partial charge is 0.419 e. The lowest BCUT2D eigenvalue weighted by molar-refractivity contribution is -0.138. The van der Waals surface area contributed by atoms with E-state index >= 15 is 0 Å². The molecule has 0 spiro atoms. The van der Waals surface area contributed by atoms with E-state index in [1.54, 1.807) is 0 Å². The number of nitrogens with one attached hydrogen (secondary N) is 2. The van der Waals surface area contributed by atoms with Gasteiger partial charge in [0, 0.05) is 53.9 Å². The third kappa shape index (κ3) is 3.94. The van der Waals surface area contributed by atoms with Crippen LogP contribution in [-0.2, 0) is 6.18 Å². The highest BCUT2D eigenvalue weighted by Crippen LogP contribution is 2.44. The molecule has 0 atom stereocenters. The number of hydrogen-bond donors (Lipinski definition) is 3. The van der Waals surface area contributed by atoms with E-state index in [0.29, 0.717) is 23.2 Å². The number of aromatic hydroxyl groups is 1. The average Bonchev–Trinajstić information content (AvgIpc) is 3.28. The highest BCUT2D eigenvalue weighted by atomic mass is 19.4. The fraction of sp³-hybridized carbons (Fsp3) is 0.296. The first-order valence-electron chi connectivity index (χ1n) is 12.4. The van der Waals surface area contributed by atoms with Crippen molar-refractivity contribution < 1.29 is 23.0 Å². The molecular formula is C27H25F3N6O2. The zero-order valence-corrected chi connectivity index (χ0v) is 20.8. The third-order valence-electron chi connectivity index (χ3n) is 6.91. The van der Waals surface area contributed by atoms with E-state index in [1.807, 2.05) is 32.0 Å². The van der Waals surface area contributed by atoms with E-state index in [-0.39, 0.29) is 17.1 Å². The van der Waals surface area contributed by atoms with Gasteiger partial charge in [-0.15, -0.1) is 0 Å². The number of ether oxygens (including phenoxy) is 1. The fourth-order valence-electron chi connectivity index (χ4n) is 5.15. The first-order valence-corrected chi connectivity index (χ1v) is 12.4. The molecule has 0 radical (unpaired) electrons. The minimum absolute atomic E-state index is 0.169. The summed E-state index contributed by atoms with van der Waals surface area (Å²) in [4.78, 5) is 11.8. The number of phenols is 1. The Balaban J connectivity index is 1.70. The standard InChI is InChI=1S/C27H25F3N6O2/c1-3-38-26-23-22(17-6-5-16(13-19(17)32-26)36-10-8-31-9-11-36)21-14(2)34-35-25(21)33-24(23)15-4-7-20(37)18(12-15)27(28,29)30/h4-7,12-13,31,37H,3,8-11H2,1-2H3,(H,33,34,35). The minimum Gasteiger partial charge on any atom is -0.507 e. The average molecular weight is 523 g/mol. The van der Waals surface area contributed by atoms with E-state index in [9.17, 15) is 18.3 Å². The molecule has 8 nitrogen and oxygen atoms in total. The maximum Gasteiger partial charge on any atom is 0.419 e. The van der Waals surface area contributed by atoms with E-state index in [1.165, 1.54) is 6.07 Å². The maximum absolute atomic E-state index is 13.7. The van der Waals surface area contributed by atoms with Crippen LogP contribution in [0.4, 0.5) is 18.9 Å². The second-order valence-corrected chi connectivity index (χ2v) is 9.28. The lowest BCUT2D eigenvalue weighted by Crippen LogP contribution is -2.43. The van der Waals surface area contributed by atoms with Crippen molar-refractivity contribution in [1.82, 2.24) is 25.5 Å². The molecule has 3 aromatic heterocycles. The summed E-state index contributed by atoms with van der Waals surface area (Å²) in [6, 6.07) is 9.39. The van der Waals surface area contributed by atoms with Gasteiger partial charge in [-0.1, -0.05) is 6.07 Å². The molecule has 1 aliphatic heterocycles. The van der Waals surface area contributed by atoms with Crippen molar-refractivity contribution in [3.63, 3.8) is 0 Å². The Hall–Kier alpha value is -4.12. The van der Waals surface area contributed by atoms with Gasteiger partial charge in [-0.3, -0.25) is 5.10 Å². The van der Waals surface area contributed by atoms with Gasteiger partial charge < -0.3 is 20.1 Å². The van der Waals surface area contributed by atoms with Crippen molar-refractivity contribution in [2.24, 2.45) is 0 Å². The summed E-state index contributed by atoms with van der Waals surface area (Å²) in [5.41, 5.74) is 2.15. The molecular weight excluding hydrogens is 497 g/mol. The Labute approximate surface area is 215 Å². The number of pyridine rings is 2. The van der Waals surface area contributed by atoms with Gasteiger partial charge in [-0.25, -0.2) is 9.97 Å². The SMILES string of the molecule is CCOc1nc2cc(N3CCNCC3)ccc2c2c1c(-c1ccc(O)c(C(F)(F)F)c1)nc1n[nH]c(C)c12. The molecule has 0 aliphatic carbocycles. The van der Waals surface area contributed by atoms with Gasteiger partial charge in [0.15, 0.2) is 5.65 Å². The predicted octanol–water partition coefficient (Wildman–Crippen LogP) is 5.17. The second-order valence-electron chi connectivity index (χ2n) is 9.28. The number of phenolic OH excluding ortho intramolecular Hbond substituents is 1. The van der Waals surface area contributed by atoms with Crippen molar-refractivity contribution >= 4 is 38.4 Å². The van der Waals surface area contributed by atoms with Gasteiger partial charge in [0.05, 0.1) is 34.2 Å². The Morgan fingerprint density at radius 1 is 1.03 bits per heavy atom. The molecule has 4 heterocycles. The molecule has 6 rings (SSSR count). The molecule has 0 saturated carbocycles. The molecule has 3 N–H and O–H groups in total. The van der Waals surface area contributed by atoms with Crippen LogP contribution in [0.15, 0.2) is 36.4 Å². The number of aromatic amines is 1. The summed E-state index contributed by atoms with van der Waals surface area (Å²) < 4.78 is 47.0. The topological polar surface area (TPSA) is 99.2 Å². The first-order chi connectivity index (χ1) is 18.3. The number of hydrogen-bond acceptors (Lipinski definition) is 7. The van der Waals surface area contributed by atoms with Crippen LogP contribution >= 0.6 is 0 Å². The van der Waals surface area contributed by atoms with Crippen LogP contribution < -0.4 is 15.0 Å².